The molecule has 1 fully saturated rings. The second-order valence-electron chi connectivity index (χ2n) is 3.61. The van der Waals surface area contributed by atoms with Crippen LogP contribution < -0.4 is 0 Å². The highest BCUT2D eigenvalue weighted by atomic mass is 15.1. The number of aryl methyl sites for hydroxylation is 1. The maximum atomic E-state index is 9.04. The van der Waals surface area contributed by atoms with E-state index in [9.17, 15) is 0 Å². The summed E-state index contributed by atoms with van der Waals surface area (Å²) < 4.78 is 0. The first kappa shape index (κ1) is 8.18. The lowest BCUT2D eigenvalue weighted by Crippen LogP contribution is -2.33. The number of rotatable bonds is 1. The number of aromatic nitrogens is 2. The van der Waals surface area contributed by atoms with Crippen molar-refractivity contribution in [1.82, 2.24) is 10.2 Å². The number of hydrogen-bond acceptors (Lipinski definition) is 3. The third-order valence-corrected chi connectivity index (χ3v) is 2.71. The molecule has 0 aliphatic heterocycles. The zero-order valence-electron chi connectivity index (χ0n) is 7.62. The van der Waals surface area contributed by atoms with Gasteiger partial charge in [-0.3, -0.25) is 0 Å². The van der Waals surface area contributed by atoms with Crippen molar-refractivity contribution in [2.24, 2.45) is 0 Å². The van der Waals surface area contributed by atoms with E-state index in [0.717, 1.165) is 30.7 Å². The monoisotopic (exact) mass is 173 g/mol. The summed E-state index contributed by atoms with van der Waals surface area (Å²) >= 11 is 0. The highest BCUT2D eigenvalue weighted by Gasteiger charge is 2.40. The van der Waals surface area contributed by atoms with E-state index >= 15 is 0 Å². The second-order valence-corrected chi connectivity index (χ2v) is 3.61. The molecule has 0 N–H and O–H groups in total. The van der Waals surface area contributed by atoms with Crippen LogP contribution in [0, 0.1) is 18.3 Å². The molecule has 0 bridgehead atoms. The summed E-state index contributed by atoms with van der Waals surface area (Å²) in [5.74, 6) is 0. The predicted molar refractivity (Wildman–Crippen MR) is 47.9 cm³/mol. The van der Waals surface area contributed by atoms with Gasteiger partial charge < -0.3 is 0 Å². The van der Waals surface area contributed by atoms with E-state index in [1.54, 1.807) is 0 Å². The van der Waals surface area contributed by atoms with Crippen molar-refractivity contribution in [2.75, 3.05) is 0 Å². The van der Waals surface area contributed by atoms with E-state index in [0.29, 0.717) is 0 Å². The Morgan fingerprint density at radius 1 is 1.38 bits per heavy atom. The van der Waals surface area contributed by atoms with Crippen molar-refractivity contribution in [3.63, 3.8) is 0 Å². The molecule has 1 heterocycles. The Morgan fingerprint density at radius 2 is 2.15 bits per heavy atom. The summed E-state index contributed by atoms with van der Waals surface area (Å²) in [4.78, 5) is 0. The van der Waals surface area contributed by atoms with Gasteiger partial charge in [-0.25, -0.2) is 0 Å². The fraction of sp³-hybridized carbons (Fsp3) is 0.500. The lowest BCUT2D eigenvalue weighted by Gasteiger charge is -2.33. The smallest absolute Gasteiger partial charge is 0.101 e. The van der Waals surface area contributed by atoms with Gasteiger partial charge in [-0.05, 0) is 38.3 Å². The minimum Gasteiger partial charge on any atom is -0.197 e. The Hall–Kier alpha value is -1.43. The molecule has 0 amide bonds. The molecule has 0 unspecified atom stereocenters. The molecule has 2 rings (SSSR count). The van der Waals surface area contributed by atoms with Crippen molar-refractivity contribution in [2.45, 2.75) is 31.6 Å². The molecule has 1 aromatic rings. The van der Waals surface area contributed by atoms with Crippen LogP contribution in [0.15, 0.2) is 12.1 Å². The lowest BCUT2D eigenvalue weighted by atomic mass is 9.68. The first-order chi connectivity index (χ1) is 6.27. The topological polar surface area (TPSA) is 49.6 Å². The molecule has 1 aliphatic rings. The van der Waals surface area contributed by atoms with Crippen LogP contribution in [-0.2, 0) is 5.41 Å². The van der Waals surface area contributed by atoms with Gasteiger partial charge >= 0.3 is 0 Å². The molecule has 1 aliphatic carbocycles. The van der Waals surface area contributed by atoms with Crippen LogP contribution in [0.2, 0.25) is 0 Å². The van der Waals surface area contributed by atoms with Crippen molar-refractivity contribution in [3.05, 3.63) is 23.5 Å². The van der Waals surface area contributed by atoms with Gasteiger partial charge in [0.2, 0.25) is 0 Å². The third kappa shape index (κ3) is 1.19. The van der Waals surface area contributed by atoms with Crippen molar-refractivity contribution in [3.8, 4) is 6.07 Å². The molecule has 0 saturated heterocycles. The largest absolute Gasteiger partial charge is 0.197 e. The van der Waals surface area contributed by atoms with Gasteiger partial charge in [-0.1, -0.05) is 0 Å². The van der Waals surface area contributed by atoms with Gasteiger partial charge in [-0.15, -0.1) is 0 Å². The van der Waals surface area contributed by atoms with Crippen molar-refractivity contribution < 1.29 is 0 Å². The van der Waals surface area contributed by atoms with Crippen molar-refractivity contribution in [1.29, 1.82) is 5.26 Å². The predicted octanol–water partition coefficient (Wildman–Crippen LogP) is 1.73. The van der Waals surface area contributed by atoms with E-state index < -0.39 is 0 Å². The van der Waals surface area contributed by atoms with Gasteiger partial charge in [0, 0.05) is 0 Å². The maximum absolute atomic E-state index is 9.04. The average molecular weight is 173 g/mol. The second kappa shape index (κ2) is 2.81. The van der Waals surface area contributed by atoms with Gasteiger partial charge in [0.25, 0.3) is 0 Å². The SMILES string of the molecule is Cc1ccc(C2(C#N)CCC2)nn1. The summed E-state index contributed by atoms with van der Waals surface area (Å²) in [7, 11) is 0. The summed E-state index contributed by atoms with van der Waals surface area (Å²) in [6, 6.07) is 6.19. The molecule has 0 radical (unpaired) electrons. The molecular weight excluding hydrogens is 162 g/mol. The van der Waals surface area contributed by atoms with Crippen LogP contribution in [0.25, 0.3) is 0 Å². The van der Waals surface area contributed by atoms with Crippen molar-refractivity contribution >= 4 is 0 Å². The molecular formula is C10H11N3. The van der Waals surface area contributed by atoms with Crippen LogP contribution in [0.4, 0.5) is 0 Å². The number of hydrogen-bond donors (Lipinski definition) is 0. The zero-order chi connectivity index (χ0) is 9.31. The molecule has 3 nitrogen and oxygen atoms in total. The summed E-state index contributed by atoms with van der Waals surface area (Å²) in [6.45, 7) is 1.90. The number of nitriles is 1. The average Bonchev–Trinajstić information content (AvgIpc) is 2.07. The van der Waals surface area contributed by atoms with Gasteiger partial charge in [0.1, 0.15) is 5.41 Å². The van der Waals surface area contributed by atoms with Crippen LogP contribution in [0.5, 0.6) is 0 Å². The molecule has 3 heteroatoms. The standard InChI is InChI=1S/C10H11N3/c1-8-3-4-9(13-12-8)10(7-11)5-2-6-10/h3-4H,2,5-6H2,1H3. The number of nitrogens with zero attached hydrogens (tertiary/aromatic N) is 3. The minimum absolute atomic E-state index is 0.319. The van der Waals surface area contributed by atoms with Crippen LogP contribution >= 0.6 is 0 Å². The fourth-order valence-electron chi connectivity index (χ4n) is 1.61. The Kier molecular flexibility index (Phi) is 1.77. The molecule has 1 saturated carbocycles. The molecule has 66 valence electrons. The van der Waals surface area contributed by atoms with Gasteiger partial charge in [0.15, 0.2) is 0 Å². The highest BCUT2D eigenvalue weighted by Crippen LogP contribution is 2.41. The Labute approximate surface area is 77.4 Å². The van der Waals surface area contributed by atoms with E-state index in [2.05, 4.69) is 16.3 Å². The molecule has 1 aromatic heterocycles. The highest BCUT2D eigenvalue weighted by molar-refractivity contribution is 5.29. The van der Waals surface area contributed by atoms with Crippen LogP contribution in [0.1, 0.15) is 30.7 Å². The fourth-order valence-corrected chi connectivity index (χ4v) is 1.61. The van der Waals surface area contributed by atoms with E-state index in [4.69, 9.17) is 5.26 Å². The lowest BCUT2D eigenvalue weighted by molar-refractivity contribution is 0.313. The molecule has 0 atom stereocenters. The van der Waals surface area contributed by atoms with E-state index in [1.165, 1.54) is 0 Å². The Morgan fingerprint density at radius 3 is 2.54 bits per heavy atom. The summed E-state index contributed by atoms with van der Waals surface area (Å²) in [6.07, 6.45) is 2.99. The summed E-state index contributed by atoms with van der Waals surface area (Å²) in [5, 5.41) is 17.1. The Balaban J connectivity index is 2.35. The quantitative estimate of drug-likeness (QED) is 0.649. The third-order valence-electron chi connectivity index (χ3n) is 2.71. The van der Waals surface area contributed by atoms with Crippen LogP contribution in [0.3, 0.4) is 0 Å². The first-order valence-corrected chi connectivity index (χ1v) is 4.49. The molecule has 0 aromatic carbocycles. The normalized spacial score (nSPS) is 18.8. The minimum atomic E-state index is -0.319. The first-order valence-electron chi connectivity index (χ1n) is 4.49. The van der Waals surface area contributed by atoms with Gasteiger partial charge in [0.05, 0.1) is 17.5 Å². The maximum Gasteiger partial charge on any atom is 0.101 e. The van der Waals surface area contributed by atoms with Crippen LogP contribution in [-0.4, -0.2) is 10.2 Å². The molecule has 13 heavy (non-hydrogen) atoms. The van der Waals surface area contributed by atoms with E-state index in [1.807, 2.05) is 19.1 Å². The van der Waals surface area contributed by atoms with E-state index in [-0.39, 0.29) is 5.41 Å². The zero-order valence-corrected chi connectivity index (χ0v) is 7.62. The molecule has 0 spiro atoms. The summed E-state index contributed by atoms with van der Waals surface area (Å²) in [5.41, 5.74) is 1.42. The Bertz CT molecular complexity index is 343. The van der Waals surface area contributed by atoms with Gasteiger partial charge in [-0.2, -0.15) is 15.5 Å².